The number of nitrogens with one attached hydrogen (secondary N) is 1. The van der Waals surface area contributed by atoms with E-state index in [2.05, 4.69) is 4.72 Å². The molecule has 2 aromatic rings. The standard InChI is InChI=1S/C15H15Cl2NO3S/c1-10(2)21-14-6-4-3-5-13(14)18-22(19,20)15-9-11(16)7-8-12(15)17/h3-10,18H,1-2H3. The van der Waals surface area contributed by atoms with E-state index in [-0.39, 0.29) is 21.0 Å². The number of anilines is 1. The van der Waals surface area contributed by atoms with Crippen LogP contribution in [0.25, 0.3) is 0 Å². The summed E-state index contributed by atoms with van der Waals surface area (Å²) in [7, 11) is -3.87. The van der Waals surface area contributed by atoms with Crippen LogP contribution in [-0.4, -0.2) is 14.5 Å². The van der Waals surface area contributed by atoms with Crippen molar-refractivity contribution in [2.45, 2.75) is 24.8 Å². The fourth-order valence-electron chi connectivity index (χ4n) is 1.79. The molecule has 0 aliphatic rings. The number of benzene rings is 2. The molecule has 0 heterocycles. The second-order valence-corrected chi connectivity index (χ2v) is 7.34. The summed E-state index contributed by atoms with van der Waals surface area (Å²) in [5, 5.41) is 0.385. The van der Waals surface area contributed by atoms with Gasteiger partial charge in [-0.25, -0.2) is 8.42 Å². The normalized spacial score (nSPS) is 11.5. The smallest absolute Gasteiger partial charge is 0.263 e. The van der Waals surface area contributed by atoms with Gasteiger partial charge >= 0.3 is 0 Å². The van der Waals surface area contributed by atoms with E-state index in [0.717, 1.165) is 0 Å². The van der Waals surface area contributed by atoms with Crippen LogP contribution < -0.4 is 9.46 Å². The van der Waals surface area contributed by atoms with Crippen LogP contribution >= 0.6 is 23.2 Å². The van der Waals surface area contributed by atoms with E-state index in [1.54, 1.807) is 24.3 Å². The number of hydrogen-bond acceptors (Lipinski definition) is 3. The van der Waals surface area contributed by atoms with Crippen LogP contribution in [0, 0.1) is 0 Å². The van der Waals surface area contributed by atoms with E-state index in [1.807, 2.05) is 13.8 Å². The largest absolute Gasteiger partial charge is 0.489 e. The summed E-state index contributed by atoms with van der Waals surface area (Å²) in [4.78, 5) is -0.0824. The SMILES string of the molecule is CC(C)Oc1ccccc1NS(=O)(=O)c1cc(Cl)ccc1Cl. The van der Waals surface area contributed by atoms with Gasteiger partial charge in [0.25, 0.3) is 10.0 Å². The molecule has 0 spiro atoms. The molecule has 1 N–H and O–H groups in total. The lowest BCUT2D eigenvalue weighted by Crippen LogP contribution is -2.15. The van der Waals surface area contributed by atoms with Crippen molar-refractivity contribution in [2.24, 2.45) is 0 Å². The Hall–Kier alpha value is -1.43. The first-order valence-electron chi connectivity index (χ1n) is 6.53. The molecule has 0 unspecified atom stereocenters. The lowest BCUT2D eigenvalue weighted by Gasteiger charge is -2.16. The number of sulfonamides is 1. The van der Waals surface area contributed by atoms with Crippen molar-refractivity contribution in [3.8, 4) is 5.75 Å². The first-order valence-corrected chi connectivity index (χ1v) is 8.77. The molecule has 0 saturated carbocycles. The number of rotatable bonds is 5. The Labute approximate surface area is 140 Å². The van der Waals surface area contributed by atoms with Crippen LogP contribution in [0.1, 0.15) is 13.8 Å². The Bertz CT molecular complexity index is 776. The third kappa shape index (κ3) is 4.06. The van der Waals surface area contributed by atoms with Gasteiger partial charge < -0.3 is 4.74 Å². The maximum Gasteiger partial charge on any atom is 0.263 e. The van der Waals surface area contributed by atoms with Crippen LogP contribution in [0.2, 0.25) is 10.0 Å². The molecule has 7 heteroatoms. The number of para-hydroxylation sites is 2. The zero-order valence-corrected chi connectivity index (χ0v) is 14.3. The van der Waals surface area contributed by atoms with Gasteiger partial charge in [-0.2, -0.15) is 0 Å². The highest BCUT2D eigenvalue weighted by Gasteiger charge is 2.20. The first kappa shape index (κ1) is 16.9. The Kier molecular flexibility index (Phi) is 5.21. The maximum atomic E-state index is 12.5. The molecule has 0 radical (unpaired) electrons. The quantitative estimate of drug-likeness (QED) is 0.849. The lowest BCUT2D eigenvalue weighted by molar-refractivity contribution is 0.244. The van der Waals surface area contributed by atoms with Crippen molar-refractivity contribution in [3.05, 3.63) is 52.5 Å². The van der Waals surface area contributed by atoms with E-state index < -0.39 is 10.0 Å². The van der Waals surface area contributed by atoms with Crippen LogP contribution in [0.3, 0.4) is 0 Å². The van der Waals surface area contributed by atoms with Crippen molar-refractivity contribution in [3.63, 3.8) is 0 Å². The van der Waals surface area contributed by atoms with Crippen molar-refractivity contribution in [1.29, 1.82) is 0 Å². The summed E-state index contributed by atoms with van der Waals surface area (Å²) in [5.74, 6) is 0.444. The fourth-order valence-corrected chi connectivity index (χ4v) is 3.62. The zero-order valence-electron chi connectivity index (χ0n) is 12.0. The van der Waals surface area contributed by atoms with E-state index in [0.29, 0.717) is 11.4 Å². The van der Waals surface area contributed by atoms with Crippen LogP contribution in [0.5, 0.6) is 5.75 Å². The summed E-state index contributed by atoms with van der Waals surface area (Å²) in [6.07, 6.45) is -0.0830. The van der Waals surface area contributed by atoms with Gasteiger partial charge in [-0.15, -0.1) is 0 Å². The molecule has 0 saturated heterocycles. The maximum absolute atomic E-state index is 12.5. The minimum atomic E-state index is -3.87. The first-order chi connectivity index (χ1) is 10.3. The summed E-state index contributed by atoms with van der Waals surface area (Å²) >= 11 is 11.8. The Balaban J connectivity index is 2.39. The zero-order chi connectivity index (χ0) is 16.3. The molecule has 0 amide bonds. The second kappa shape index (κ2) is 6.77. The molecule has 2 aromatic carbocycles. The molecule has 2 rings (SSSR count). The summed E-state index contributed by atoms with van der Waals surface area (Å²) in [5.41, 5.74) is 0.340. The minimum Gasteiger partial charge on any atom is -0.489 e. The van der Waals surface area contributed by atoms with Gasteiger partial charge in [-0.05, 0) is 44.2 Å². The molecular formula is C15H15Cl2NO3S. The van der Waals surface area contributed by atoms with Gasteiger partial charge in [0.1, 0.15) is 10.6 Å². The van der Waals surface area contributed by atoms with Gasteiger partial charge in [-0.3, -0.25) is 4.72 Å². The molecule has 0 atom stereocenters. The molecule has 22 heavy (non-hydrogen) atoms. The molecule has 4 nitrogen and oxygen atoms in total. The number of halogens is 2. The molecule has 0 bridgehead atoms. The van der Waals surface area contributed by atoms with Gasteiger partial charge in [0.2, 0.25) is 0 Å². The van der Waals surface area contributed by atoms with Gasteiger partial charge in [0.15, 0.2) is 0 Å². The monoisotopic (exact) mass is 359 g/mol. The number of hydrogen-bond donors (Lipinski definition) is 1. The van der Waals surface area contributed by atoms with Crippen LogP contribution in [0.15, 0.2) is 47.4 Å². The third-order valence-electron chi connectivity index (χ3n) is 2.68. The molecular weight excluding hydrogens is 345 g/mol. The van der Waals surface area contributed by atoms with Crippen molar-refractivity contribution in [1.82, 2.24) is 0 Å². The minimum absolute atomic E-state index is 0.0824. The average molecular weight is 360 g/mol. The molecule has 0 aromatic heterocycles. The summed E-state index contributed by atoms with van der Waals surface area (Å²) in [6, 6.07) is 11.1. The van der Waals surface area contributed by atoms with E-state index in [4.69, 9.17) is 27.9 Å². The molecule has 0 aliphatic carbocycles. The Morgan fingerprint density at radius 1 is 1.09 bits per heavy atom. The highest BCUT2D eigenvalue weighted by atomic mass is 35.5. The van der Waals surface area contributed by atoms with E-state index >= 15 is 0 Å². The highest BCUT2D eigenvalue weighted by molar-refractivity contribution is 7.92. The molecule has 118 valence electrons. The van der Waals surface area contributed by atoms with Crippen LogP contribution in [0.4, 0.5) is 5.69 Å². The lowest BCUT2D eigenvalue weighted by atomic mass is 10.3. The predicted octanol–water partition coefficient (Wildman–Crippen LogP) is 4.58. The van der Waals surface area contributed by atoms with Gasteiger partial charge in [0, 0.05) is 5.02 Å². The molecule has 0 aliphatic heterocycles. The van der Waals surface area contributed by atoms with Gasteiger partial charge in [0.05, 0.1) is 16.8 Å². The average Bonchev–Trinajstić information content (AvgIpc) is 2.43. The van der Waals surface area contributed by atoms with E-state index in [9.17, 15) is 8.42 Å². The highest BCUT2D eigenvalue weighted by Crippen LogP contribution is 2.30. The van der Waals surface area contributed by atoms with E-state index in [1.165, 1.54) is 18.2 Å². The topological polar surface area (TPSA) is 55.4 Å². The third-order valence-corrected chi connectivity index (χ3v) is 4.76. The Morgan fingerprint density at radius 3 is 2.45 bits per heavy atom. The Morgan fingerprint density at radius 2 is 1.77 bits per heavy atom. The predicted molar refractivity (Wildman–Crippen MR) is 89.5 cm³/mol. The van der Waals surface area contributed by atoms with Crippen molar-refractivity contribution < 1.29 is 13.2 Å². The molecule has 0 fully saturated rings. The second-order valence-electron chi connectivity index (χ2n) is 4.84. The summed E-state index contributed by atoms with van der Waals surface area (Å²) < 4.78 is 33.1. The van der Waals surface area contributed by atoms with Gasteiger partial charge in [-0.1, -0.05) is 35.3 Å². The fraction of sp³-hybridized carbons (Fsp3) is 0.200. The number of ether oxygens (including phenoxy) is 1. The van der Waals surface area contributed by atoms with Crippen molar-refractivity contribution in [2.75, 3.05) is 4.72 Å². The van der Waals surface area contributed by atoms with Crippen LogP contribution in [-0.2, 0) is 10.0 Å². The van der Waals surface area contributed by atoms with Crippen molar-refractivity contribution >= 4 is 38.9 Å². The summed E-state index contributed by atoms with van der Waals surface area (Å²) in [6.45, 7) is 3.72.